The number of nitrogen functional groups attached to an aromatic ring is 1. The Morgan fingerprint density at radius 1 is 1.27 bits per heavy atom. The second kappa shape index (κ2) is 5.65. The monoisotopic (exact) mass is 315 g/mol. The van der Waals surface area contributed by atoms with Gasteiger partial charge in [-0.3, -0.25) is 4.40 Å². The quantitative estimate of drug-likeness (QED) is 0.779. The molecule has 3 aromatic rings. The zero-order chi connectivity index (χ0) is 15.9. The zero-order valence-corrected chi connectivity index (χ0v) is 14.2. The molecule has 0 bridgehead atoms. The number of nitrogens with two attached hydrogens (primary N) is 1. The van der Waals surface area contributed by atoms with Crippen LogP contribution in [0.4, 0.5) is 5.82 Å². The van der Waals surface area contributed by atoms with E-state index in [9.17, 15) is 0 Å². The summed E-state index contributed by atoms with van der Waals surface area (Å²) in [4.78, 5) is 7.01. The first-order valence-electron chi connectivity index (χ1n) is 7.50. The summed E-state index contributed by atoms with van der Waals surface area (Å²) >= 11 is 1.72. The van der Waals surface area contributed by atoms with Crippen molar-refractivity contribution in [1.82, 2.24) is 9.38 Å². The van der Waals surface area contributed by atoms with Gasteiger partial charge in [-0.15, -0.1) is 11.3 Å². The maximum atomic E-state index is 6.38. The van der Waals surface area contributed by atoms with E-state index >= 15 is 0 Å². The van der Waals surface area contributed by atoms with Crippen LogP contribution in [-0.4, -0.2) is 16.5 Å². The number of benzene rings is 1. The summed E-state index contributed by atoms with van der Waals surface area (Å²) in [7, 11) is 1.68. The third-order valence-electron chi connectivity index (χ3n) is 3.84. The third kappa shape index (κ3) is 2.25. The van der Waals surface area contributed by atoms with E-state index in [0.29, 0.717) is 5.92 Å². The number of anilines is 1. The summed E-state index contributed by atoms with van der Waals surface area (Å²) in [6.45, 7) is 6.41. The lowest BCUT2D eigenvalue weighted by molar-refractivity contribution is 0.415. The van der Waals surface area contributed by atoms with Gasteiger partial charge in [-0.2, -0.15) is 0 Å². The number of hydrogen-bond acceptors (Lipinski definition) is 4. The van der Waals surface area contributed by atoms with Crippen LogP contribution in [0.15, 0.2) is 24.3 Å². The SMILES string of the molecule is CCc1sc2nc(C(C)C)c(N)n2c1-c1ccc(OC)cc1. The first-order chi connectivity index (χ1) is 10.6. The minimum absolute atomic E-state index is 0.320. The minimum Gasteiger partial charge on any atom is -0.497 e. The summed E-state index contributed by atoms with van der Waals surface area (Å²) < 4.78 is 7.35. The van der Waals surface area contributed by atoms with Crippen LogP contribution < -0.4 is 10.5 Å². The van der Waals surface area contributed by atoms with Gasteiger partial charge in [0.15, 0.2) is 4.96 Å². The second-order valence-electron chi connectivity index (χ2n) is 5.61. The van der Waals surface area contributed by atoms with Gasteiger partial charge in [-0.25, -0.2) is 4.98 Å². The van der Waals surface area contributed by atoms with Crippen LogP contribution >= 0.6 is 11.3 Å². The molecule has 2 heterocycles. The van der Waals surface area contributed by atoms with Crippen LogP contribution in [0, 0.1) is 0 Å². The van der Waals surface area contributed by atoms with Crippen molar-refractivity contribution in [2.75, 3.05) is 12.8 Å². The minimum atomic E-state index is 0.320. The van der Waals surface area contributed by atoms with E-state index < -0.39 is 0 Å². The van der Waals surface area contributed by atoms with Gasteiger partial charge < -0.3 is 10.5 Å². The van der Waals surface area contributed by atoms with Gasteiger partial charge in [0.25, 0.3) is 0 Å². The van der Waals surface area contributed by atoms with Gasteiger partial charge in [0.05, 0.1) is 18.5 Å². The van der Waals surface area contributed by atoms with Crippen LogP contribution in [0.25, 0.3) is 16.2 Å². The molecule has 0 fully saturated rings. The predicted molar refractivity (Wildman–Crippen MR) is 92.9 cm³/mol. The molecule has 0 aliphatic carbocycles. The van der Waals surface area contributed by atoms with Crippen molar-refractivity contribution in [1.29, 1.82) is 0 Å². The third-order valence-corrected chi connectivity index (χ3v) is 5.03. The average Bonchev–Trinajstić information content (AvgIpc) is 3.04. The van der Waals surface area contributed by atoms with E-state index in [1.165, 1.54) is 4.88 Å². The van der Waals surface area contributed by atoms with Crippen molar-refractivity contribution in [2.24, 2.45) is 0 Å². The topological polar surface area (TPSA) is 52.5 Å². The number of methoxy groups -OCH3 is 1. The maximum Gasteiger partial charge on any atom is 0.196 e. The lowest BCUT2D eigenvalue weighted by atomic mass is 10.1. The fraction of sp³-hybridized carbons (Fsp3) is 0.353. The van der Waals surface area contributed by atoms with Crippen molar-refractivity contribution < 1.29 is 4.74 Å². The summed E-state index contributed by atoms with van der Waals surface area (Å²) in [5.41, 5.74) is 9.66. The molecule has 0 saturated carbocycles. The highest BCUT2D eigenvalue weighted by molar-refractivity contribution is 7.17. The number of fused-ring (bicyclic) bond motifs is 1. The van der Waals surface area contributed by atoms with E-state index in [0.717, 1.165) is 39.9 Å². The molecule has 0 aliphatic rings. The highest BCUT2D eigenvalue weighted by Crippen LogP contribution is 2.37. The molecular weight excluding hydrogens is 294 g/mol. The molecule has 3 rings (SSSR count). The molecule has 2 aromatic heterocycles. The van der Waals surface area contributed by atoms with Gasteiger partial charge in [0, 0.05) is 10.4 Å². The predicted octanol–water partition coefficient (Wildman–Crippen LogP) is 4.34. The number of imidazole rings is 1. The Hall–Kier alpha value is -2.01. The molecule has 0 radical (unpaired) electrons. The van der Waals surface area contributed by atoms with E-state index in [1.54, 1.807) is 18.4 Å². The van der Waals surface area contributed by atoms with E-state index in [4.69, 9.17) is 15.5 Å². The Morgan fingerprint density at radius 3 is 2.50 bits per heavy atom. The van der Waals surface area contributed by atoms with Gasteiger partial charge in [-0.05, 0) is 36.6 Å². The molecule has 2 N–H and O–H groups in total. The molecule has 0 spiro atoms. The highest BCUT2D eigenvalue weighted by Gasteiger charge is 2.20. The molecule has 0 saturated heterocycles. The van der Waals surface area contributed by atoms with Crippen LogP contribution in [0.3, 0.4) is 0 Å². The molecule has 0 aliphatic heterocycles. The van der Waals surface area contributed by atoms with Crippen molar-refractivity contribution in [3.05, 3.63) is 34.8 Å². The smallest absolute Gasteiger partial charge is 0.196 e. The number of aromatic nitrogens is 2. The average molecular weight is 315 g/mol. The molecule has 22 heavy (non-hydrogen) atoms. The highest BCUT2D eigenvalue weighted by atomic mass is 32.1. The van der Waals surface area contributed by atoms with Crippen molar-refractivity contribution in [2.45, 2.75) is 33.1 Å². The van der Waals surface area contributed by atoms with Crippen LogP contribution in [-0.2, 0) is 6.42 Å². The Morgan fingerprint density at radius 2 is 1.95 bits per heavy atom. The Labute approximate surface area is 134 Å². The molecule has 5 heteroatoms. The van der Waals surface area contributed by atoms with E-state index in [-0.39, 0.29) is 0 Å². The molecule has 0 unspecified atom stereocenters. The normalized spacial score (nSPS) is 11.5. The largest absolute Gasteiger partial charge is 0.497 e. The molecule has 4 nitrogen and oxygen atoms in total. The van der Waals surface area contributed by atoms with Gasteiger partial charge in [0.2, 0.25) is 0 Å². The fourth-order valence-corrected chi connectivity index (χ4v) is 3.79. The van der Waals surface area contributed by atoms with Gasteiger partial charge in [-0.1, -0.05) is 20.8 Å². The zero-order valence-electron chi connectivity index (χ0n) is 13.4. The number of thiazole rings is 1. The van der Waals surface area contributed by atoms with Crippen molar-refractivity contribution in [3.63, 3.8) is 0 Å². The van der Waals surface area contributed by atoms with Crippen LogP contribution in [0.1, 0.15) is 37.3 Å². The Balaban J connectivity index is 2.25. The number of hydrogen-bond donors (Lipinski definition) is 1. The molecule has 116 valence electrons. The van der Waals surface area contributed by atoms with Crippen LogP contribution in [0.5, 0.6) is 5.75 Å². The Kier molecular flexibility index (Phi) is 3.83. The number of aryl methyl sites for hydroxylation is 1. The molecule has 1 aromatic carbocycles. The first kappa shape index (κ1) is 14.9. The number of ether oxygens (including phenoxy) is 1. The number of rotatable bonds is 4. The lowest BCUT2D eigenvalue weighted by Gasteiger charge is -2.08. The standard InChI is InChI=1S/C17H21N3OS/c1-5-13-15(11-6-8-12(21-4)9-7-11)20-16(18)14(10(2)3)19-17(20)22-13/h6-10H,5,18H2,1-4H3. The molecule has 0 amide bonds. The number of nitrogens with zero attached hydrogens (tertiary/aromatic N) is 2. The summed E-state index contributed by atoms with van der Waals surface area (Å²) in [5.74, 6) is 1.93. The lowest BCUT2D eigenvalue weighted by Crippen LogP contribution is -2.00. The Bertz CT molecular complexity index is 800. The van der Waals surface area contributed by atoms with Crippen molar-refractivity contribution in [3.8, 4) is 17.0 Å². The summed E-state index contributed by atoms with van der Waals surface area (Å²) in [6, 6.07) is 8.12. The molecule has 0 atom stereocenters. The van der Waals surface area contributed by atoms with Gasteiger partial charge >= 0.3 is 0 Å². The van der Waals surface area contributed by atoms with E-state index in [2.05, 4.69) is 37.3 Å². The summed E-state index contributed by atoms with van der Waals surface area (Å²) in [5, 5.41) is 0. The van der Waals surface area contributed by atoms with Gasteiger partial charge in [0.1, 0.15) is 11.6 Å². The van der Waals surface area contributed by atoms with E-state index in [1.807, 2.05) is 12.1 Å². The summed E-state index contributed by atoms with van der Waals surface area (Å²) in [6.07, 6.45) is 0.964. The second-order valence-corrected chi connectivity index (χ2v) is 6.67. The maximum absolute atomic E-state index is 6.38. The van der Waals surface area contributed by atoms with Crippen LogP contribution in [0.2, 0.25) is 0 Å². The van der Waals surface area contributed by atoms with Crippen molar-refractivity contribution >= 4 is 22.1 Å². The first-order valence-corrected chi connectivity index (χ1v) is 8.32. The fourth-order valence-electron chi connectivity index (χ4n) is 2.70. The molecular formula is C17H21N3OS.